The zero-order valence-corrected chi connectivity index (χ0v) is 16.6. The van der Waals surface area contributed by atoms with Crippen molar-refractivity contribution < 1.29 is 18.7 Å². The third-order valence-corrected chi connectivity index (χ3v) is 9.77. The molecule has 4 nitrogen and oxygen atoms in total. The summed E-state index contributed by atoms with van der Waals surface area (Å²) < 4.78 is 17.3. The molecule has 5 heteroatoms. The normalized spacial score (nSPS) is 25.8. The Labute approximate surface area is 137 Å². The van der Waals surface area contributed by atoms with Crippen molar-refractivity contribution in [2.24, 2.45) is 5.92 Å². The van der Waals surface area contributed by atoms with Crippen molar-refractivity contribution in [2.45, 2.75) is 90.3 Å². The smallest absolute Gasteiger partial charge is 0.311 e. The van der Waals surface area contributed by atoms with Gasteiger partial charge in [-0.25, -0.2) is 0 Å². The van der Waals surface area contributed by atoms with Crippen LogP contribution in [-0.2, 0) is 18.7 Å². The molecule has 0 N–H and O–H groups in total. The Morgan fingerprint density at radius 2 is 1.86 bits per heavy atom. The maximum absolute atomic E-state index is 11.6. The molecule has 1 rings (SSSR count). The van der Waals surface area contributed by atoms with E-state index in [-0.39, 0.29) is 35.2 Å². The van der Waals surface area contributed by atoms with Gasteiger partial charge in [0.25, 0.3) is 0 Å². The highest BCUT2D eigenvalue weighted by molar-refractivity contribution is 6.74. The van der Waals surface area contributed by atoms with E-state index in [1.165, 1.54) is 7.11 Å². The third kappa shape index (κ3) is 5.07. The second kappa shape index (κ2) is 7.45. The monoisotopic (exact) mass is 330 g/mol. The van der Waals surface area contributed by atoms with Crippen molar-refractivity contribution in [3.05, 3.63) is 0 Å². The van der Waals surface area contributed by atoms with Crippen molar-refractivity contribution >= 4 is 14.3 Å². The number of rotatable bonds is 6. The highest BCUT2D eigenvalue weighted by Gasteiger charge is 2.40. The van der Waals surface area contributed by atoms with E-state index in [0.29, 0.717) is 0 Å². The van der Waals surface area contributed by atoms with Gasteiger partial charge < -0.3 is 13.9 Å². The SMILES string of the molecule is COC(=O)[C@@H](C)[C@@H]1CC[C@H](C[C@H](C)O[Si](C)(C)C(C)(C)C)O1. The molecule has 22 heavy (non-hydrogen) atoms. The number of carbonyl (C=O) groups is 1. The zero-order chi connectivity index (χ0) is 17.1. The summed E-state index contributed by atoms with van der Waals surface area (Å²) >= 11 is 0. The number of esters is 1. The number of hydrogen-bond acceptors (Lipinski definition) is 4. The van der Waals surface area contributed by atoms with Crippen LogP contribution in [0.3, 0.4) is 0 Å². The first kappa shape index (κ1) is 19.7. The van der Waals surface area contributed by atoms with Crippen LogP contribution in [0.15, 0.2) is 0 Å². The lowest BCUT2D eigenvalue weighted by Gasteiger charge is -2.39. The van der Waals surface area contributed by atoms with E-state index < -0.39 is 8.32 Å². The van der Waals surface area contributed by atoms with E-state index in [1.54, 1.807) is 0 Å². The van der Waals surface area contributed by atoms with Crippen molar-refractivity contribution in [3.8, 4) is 0 Å². The topological polar surface area (TPSA) is 44.8 Å². The Morgan fingerprint density at radius 1 is 1.27 bits per heavy atom. The third-order valence-electron chi connectivity index (χ3n) is 5.17. The van der Waals surface area contributed by atoms with Gasteiger partial charge in [-0.3, -0.25) is 4.79 Å². The lowest BCUT2D eigenvalue weighted by Crippen LogP contribution is -2.44. The molecule has 0 aromatic rings. The predicted octanol–water partition coefficient (Wildman–Crippen LogP) is 4.14. The van der Waals surface area contributed by atoms with Crippen LogP contribution >= 0.6 is 0 Å². The van der Waals surface area contributed by atoms with E-state index in [0.717, 1.165) is 19.3 Å². The fraction of sp³-hybridized carbons (Fsp3) is 0.941. The molecular formula is C17H34O4Si. The van der Waals surface area contributed by atoms with Gasteiger partial charge in [0.15, 0.2) is 8.32 Å². The molecule has 0 saturated carbocycles. The van der Waals surface area contributed by atoms with Crippen LogP contribution in [0, 0.1) is 5.92 Å². The largest absolute Gasteiger partial charge is 0.469 e. The molecule has 0 amide bonds. The lowest BCUT2D eigenvalue weighted by atomic mass is 10.0. The molecule has 0 spiro atoms. The fourth-order valence-corrected chi connectivity index (χ4v) is 4.17. The van der Waals surface area contributed by atoms with Gasteiger partial charge in [0.05, 0.1) is 25.2 Å². The highest BCUT2D eigenvalue weighted by Crippen LogP contribution is 2.38. The summed E-state index contributed by atoms with van der Waals surface area (Å²) in [5, 5.41) is 0.222. The molecule has 0 aromatic heterocycles. The highest BCUT2D eigenvalue weighted by atomic mass is 28.4. The molecule has 130 valence electrons. The summed E-state index contributed by atoms with van der Waals surface area (Å²) in [4.78, 5) is 11.6. The Bertz CT molecular complexity index is 375. The molecular weight excluding hydrogens is 296 g/mol. The molecule has 4 atom stereocenters. The standard InChI is InChI=1S/C17H34O4Si/c1-12(21-22(7,8)17(3,4)5)11-14-9-10-15(20-14)13(2)16(18)19-6/h12-15H,9-11H2,1-8H3/t12-,13-,14+,15-/m0/s1. The molecule has 1 fully saturated rings. The summed E-state index contributed by atoms with van der Waals surface area (Å²) in [7, 11) is -0.301. The van der Waals surface area contributed by atoms with Crippen LogP contribution in [0.2, 0.25) is 18.1 Å². The quantitative estimate of drug-likeness (QED) is 0.542. The van der Waals surface area contributed by atoms with Crippen molar-refractivity contribution in [1.29, 1.82) is 0 Å². The maximum atomic E-state index is 11.6. The molecule has 0 bridgehead atoms. The van der Waals surface area contributed by atoms with Crippen molar-refractivity contribution in [3.63, 3.8) is 0 Å². The van der Waals surface area contributed by atoms with Crippen LogP contribution in [-0.4, -0.2) is 39.7 Å². The van der Waals surface area contributed by atoms with Gasteiger partial charge in [-0.1, -0.05) is 20.8 Å². The minimum absolute atomic E-state index is 0.0162. The number of carbonyl (C=O) groups excluding carboxylic acids is 1. The molecule has 1 heterocycles. The summed E-state index contributed by atoms with van der Waals surface area (Å²) in [5.74, 6) is -0.372. The van der Waals surface area contributed by atoms with E-state index in [4.69, 9.17) is 13.9 Å². The molecule has 1 aliphatic rings. The van der Waals surface area contributed by atoms with Gasteiger partial charge in [-0.05, 0) is 51.2 Å². The summed E-state index contributed by atoms with van der Waals surface area (Å²) in [6, 6.07) is 0. The second-order valence-electron chi connectivity index (χ2n) is 8.11. The van der Waals surface area contributed by atoms with E-state index in [1.807, 2.05) is 6.92 Å². The summed E-state index contributed by atoms with van der Waals surface area (Å²) in [6.45, 7) is 15.3. The second-order valence-corrected chi connectivity index (χ2v) is 12.9. The van der Waals surface area contributed by atoms with Gasteiger partial charge in [0, 0.05) is 6.10 Å². The first-order valence-corrected chi connectivity index (χ1v) is 11.3. The first-order valence-electron chi connectivity index (χ1n) is 8.39. The molecule has 0 radical (unpaired) electrons. The molecule has 0 aliphatic carbocycles. The van der Waals surface area contributed by atoms with E-state index in [9.17, 15) is 4.79 Å². The van der Waals surface area contributed by atoms with Crippen LogP contribution in [0.5, 0.6) is 0 Å². The van der Waals surface area contributed by atoms with Gasteiger partial charge in [-0.15, -0.1) is 0 Å². The van der Waals surface area contributed by atoms with Crippen LogP contribution in [0.25, 0.3) is 0 Å². The molecule has 1 aliphatic heterocycles. The Kier molecular flexibility index (Phi) is 6.66. The van der Waals surface area contributed by atoms with Gasteiger partial charge in [-0.2, -0.15) is 0 Å². The predicted molar refractivity (Wildman–Crippen MR) is 91.4 cm³/mol. The van der Waals surface area contributed by atoms with Gasteiger partial charge in [0.2, 0.25) is 0 Å². The average molecular weight is 331 g/mol. The summed E-state index contributed by atoms with van der Waals surface area (Å²) in [5.41, 5.74) is 0. The number of methoxy groups -OCH3 is 1. The van der Waals surface area contributed by atoms with E-state index >= 15 is 0 Å². The maximum Gasteiger partial charge on any atom is 0.311 e. The van der Waals surface area contributed by atoms with Gasteiger partial charge in [0.1, 0.15) is 0 Å². The number of hydrogen-bond donors (Lipinski definition) is 0. The van der Waals surface area contributed by atoms with Crippen LogP contribution < -0.4 is 0 Å². The molecule has 1 saturated heterocycles. The fourth-order valence-electron chi connectivity index (χ4n) is 2.71. The van der Waals surface area contributed by atoms with E-state index in [2.05, 4.69) is 40.8 Å². The Balaban J connectivity index is 2.48. The minimum atomic E-state index is -1.73. The summed E-state index contributed by atoms with van der Waals surface area (Å²) in [6.07, 6.45) is 3.19. The molecule has 0 aromatic carbocycles. The average Bonchev–Trinajstić information content (AvgIpc) is 2.83. The van der Waals surface area contributed by atoms with Gasteiger partial charge >= 0.3 is 5.97 Å². The van der Waals surface area contributed by atoms with Crippen molar-refractivity contribution in [1.82, 2.24) is 0 Å². The van der Waals surface area contributed by atoms with Crippen molar-refractivity contribution in [2.75, 3.05) is 7.11 Å². The first-order chi connectivity index (χ1) is 9.98. The van der Waals surface area contributed by atoms with Crippen LogP contribution in [0.4, 0.5) is 0 Å². The Hall–Kier alpha value is -0.393. The number of ether oxygens (including phenoxy) is 2. The molecule has 0 unspecified atom stereocenters. The minimum Gasteiger partial charge on any atom is -0.469 e. The Morgan fingerprint density at radius 3 is 2.36 bits per heavy atom. The lowest BCUT2D eigenvalue weighted by molar-refractivity contribution is -0.150. The van der Waals surface area contributed by atoms with Crippen LogP contribution in [0.1, 0.15) is 53.9 Å². The zero-order valence-electron chi connectivity index (χ0n) is 15.6.